The Hall–Kier alpha value is -2.18. The molecule has 27 heavy (non-hydrogen) atoms. The molecule has 6 heteroatoms. The van der Waals surface area contributed by atoms with Crippen molar-refractivity contribution in [3.8, 4) is 0 Å². The summed E-state index contributed by atoms with van der Waals surface area (Å²) in [6.45, 7) is 2.74. The molecule has 2 aliphatic rings. The summed E-state index contributed by atoms with van der Waals surface area (Å²) in [5.74, 6) is 0.195. The van der Waals surface area contributed by atoms with Gasteiger partial charge in [-0.05, 0) is 61.6 Å². The largest absolute Gasteiger partial charge is 0.326 e. The highest BCUT2D eigenvalue weighted by Crippen LogP contribution is 2.30. The molecule has 1 N–H and O–H groups in total. The third-order valence-electron chi connectivity index (χ3n) is 5.59. The van der Waals surface area contributed by atoms with Gasteiger partial charge in [0.1, 0.15) is 0 Å². The van der Waals surface area contributed by atoms with Crippen molar-refractivity contribution in [1.82, 2.24) is 4.31 Å². The lowest BCUT2D eigenvalue weighted by atomic mass is 9.85. The van der Waals surface area contributed by atoms with E-state index in [1.807, 2.05) is 37.3 Å². The number of carbonyl (C=O) groups is 1. The molecule has 4 rings (SSSR count). The van der Waals surface area contributed by atoms with Crippen molar-refractivity contribution in [2.24, 2.45) is 5.92 Å². The predicted octanol–water partition coefficient (Wildman–Crippen LogP) is 3.48. The van der Waals surface area contributed by atoms with Crippen LogP contribution >= 0.6 is 0 Å². The van der Waals surface area contributed by atoms with E-state index in [-0.39, 0.29) is 11.8 Å². The number of anilines is 1. The molecule has 5 nitrogen and oxygen atoms in total. The van der Waals surface area contributed by atoms with Crippen LogP contribution in [0.3, 0.4) is 0 Å². The van der Waals surface area contributed by atoms with Gasteiger partial charge in [-0.3, -0.25) is 4.79 Å². The van der Waals surface area contributed by atoms with Crippen LogP contribution in [0.25, 0.3) is 0 Å². The Kier molecular flexibility index (Phi) is 4.78. The first-order valence-electron chi connectivity index (χ1n) is 9.43. The maximum atomic E-state index is 13.0. The first-order chi connectivity index (χ1) is 12.9. The number of sulfonamides is 1. The Morgan fingerprint density at radius 2 is 1.81 bits per heavy atom. The number of nitrogens with zero attached hydrogens (tertiary/aromatic N) is 1. The molecule has 1 saturated carbocycles. The van der Waals surface area contributed by atoms with E-state index in [4.69, 9.17) is 0 Å². The van der Waals surface area contributed by atoms with Crippen molar-refractivity contribution >= 4 is 21.6 Å². The lowest BCUT2D eigenvalue weighted by Crippen LogP contribution is -2.36. The molecular weight excluding hydrogens is 360 g/mol. The van der Waals surface area contributed by atoms with Gasteiger partial charge in [-0.1, -0.05) is 30.2 Å². The lowest BCUT2D eigenvalue weighted by Gasteiger charge is -2.29. The third-order valence-corrected chi connectivity index (χ3v) is 7.45. The van der Waals surface area contributed by atoms with Crippen LogP contribution < -0.4 is 5.32 Å². The van der Waals surface area contributed by atoms with E-state index in [1.165, 1.54) is 4.31 Å². The third kappa shape index (κ3) is 3.64. The van der Waals surface area contributed by atoms with Crippen LogP contribution in [0.1, 0.15) is 36.0 Å². The second kappa shape index (κ2) is 7.09. The standard InChI is InChI=1S/C21H24N2O3S/c1-15-5-9-20(10-6-15)27(25,26)23-12-11-16-7-8-19(13-18(16)14-23)22-21(24)17-3-2-4-17/h5-10,13,17H,2-4,11-12,14H2,1H3,(H,22,24). The van der Waals surface area contributed by atoms with Crippen LogP contribution in [-0.4, -0.2) is 25.2 Å². The predicted molar refractivity (Wildman–Crippen MR) is 105 cm³/mol. The monoisotopic (exact) mass is 384 g/mol. The van der Waals surface area contributed by atoms with E-state index in [9.17, 15) is 13.2 Å². The highest BCUT2D eigenvalue weighted by atomic mass is 32.2. The number of amides is 1. The summed E-state index contributed by atoms with van der Waals surface area (Å²) in [5.41, 5.74) is 3.89. The topological polar surface area (TPSA) is 66.5 Å². The highest BCUT2D eigenvalue weighted by molar-refractivity contribution is 7.89. The second-order valence-electron chi connectivity index (χ2n) is 7.50. The molecule has 0 bridgehead atoms. The fraction of sp³-hybridized carbons (Fsp3) is 0.381. The fourth-order valence-corrected chi connectivity index (χ4v) is 5.01. The fourth-order valence-electron chi connectivity index (χ4n) is 3.59. The van der Waals surface area contributed by atoms with Crippen LogP contribution in [0.5, 0.6) is 0 Å². The number of benzene rings is 2. The smallest absolute Gasteiger partial charge is 0.243 e. The summed E-state index contributed by atoms with van der Waals surface area (Å²) in [4.78, 5) is 12.5. The molecule has 1 fully saturated rings. The summed E-state index contributed by atoms with van der Waals surface area (Å²) in [6.07, 6.45) is 3.71. The minimum atomic E-state index is -3.52. The van der Waals surface area contributed by atoms with Gasteiger partial charge in [-0.2, -0.15) is 4.31 Å². The molecule has 0 spiro atoms. The summed E-state index contributed by atoms with van der Waals surface area (Å²) in [7, 11) is -3.52. The molecule has 2 aromatic rings. The zero-order valence-corrected chi connectivity index (χ0v) is 16.3. The maximum Gasteiger partial charge on any atom is 0.243 e. The number of rotatable bonds is 4. The van der Waals surface area contributed by atoms with E-state index in [2.05, 4.69) is 5.32 Å². The molecule has 1 heterocycles. The van der Waals surface area contributed by atoms with Crippen LogP contribution in [0, 0.1) is 12.8 Å². The number of hydrogen-bond donors (Lipinski definition) is 1. The summed E-state index contributed by atoms with van der Waals surface area (Å²) < 4.78 is 27.5. The molecule has 0 aromatic heterocycles. The Morgan fingerprint density at radius 1 is 1.07 bits per heavy atom. The van der Waals surface area contributed by atoms with Gasteiger partial charge in [0, 0.05) is 24.7 Å². The van der Waals surface area contributed by atoms with Crippen LogP contribution in [-0.2, 0) is 27.8 Å². The van der Waals surface area contributed by atoms with Crippen molar-refractivity contribution in [2.75, 3.05) is 11.9 Å². The summed E-state index contributed by atoms with van der Waals surface area (Å²) in [5, 5.41) is 2.98. The average Bonchev–Trinajstić information content (AvgIpc) is 2.60. The maximum absolute atomic E-state index is 13.0. The minimum absolute atomic E-state index is 0.0705. The van der Waals surface area contributed by atoms with Gasteiger partial charge >= 0.3 is 0 Å². The normalized spacial score (nSPS) is 17.8. The SMILES string of the molecule is Cc1ccc(S(=O)(=O)N2CCc3ccc(NC(=O)C4CCC4)cc3C2)cc1. The Morgan fingerprint density at radius 3 is 2.48 bits per heavy atom. The van der Waals surface area contributed by atoms with Crippen LogP contribution in [0.4, 0.5) is 5.69 Å². The van der Waals surface area contributed by atoms with Crippen molar-refractivity contribution < 1.29 is 13.2 Å². The van der Waals surface area contributed by atoms with Gasteiger partial charge in [0.05, 0.1) is 4.90 Å². The van der Waals surface area contributed by atoms with Gasteiger partial charge in [0.25, 0.3) is 0 Å². The molecule has 0 atom stereocenters. The first-order valence-corrected chi connectivity index (χ1v) is 10.9. The van der Waals surface area contributed by atoms with Gasteiger partial charge < -0.3 is 5.32 Å². The van der Waals surface area contributed by atoms with Gasteiger partial charge in [0.15, 0.2) is 0 Å². The zero-order valence-electron chi connectivity index (χ0n) is 15.4. The lowest BCUT2D eigenvalue weighted by molar-refractivity contribution is -0.122. The second-order valence-corrected chi connectivity index (χ2v) is 9.44. The highest BCUT2D eigenvalue weighted by Gasteiger charge is 2.29. The number of nitrogens with one attached hydrogen (secondary N) is 1. The number of hydrogen-bond acceptors (Lipinski definition) is 3. The molecular formula is C21H24N2O3S. The Labute approximate surface area is 160 Å². The van der Waals surface area contributed by atoms with Crippen molar-refractivity contribution in [3.63, 3.8) is 0 Å². The molecule has 142 valence electrons. The Balaban J connectivity index is 1.53. The van der Waals surface area contributed by atoms with Crippen molar-refractivity contribution in [3.05, 3.63) is 59.2 Å². The van der Waals surface area contributed by atoms with E-state index in [0.29, 0.717) is 24.4 Å². The van der Waals surface area contributed by atoms with Crippen molar-refractivity contribution in [1.29, 1.82) is 0 Å². The van der Waals surface area contributed by atoms with E-state index in [1.54, 1.807) is 12.1 Å². The molecule has 1 aliphatic carbocycles. The van der Waals surface area contributed by atoms with E-state index >= 15 is 0 Å². The van der Waals surface area contributed by atoms with Gasteiger partial charge in [0.2, 0.25) is 15.9 Å². The van der Waals surface area contributed by atoms with Crippen LogP contribution in [0.2, 0.25) is 0 Å². The quantitative estimate of drug-likeness (QED) is 0.878. The van der Waals surface area contributed by atoms with E-state index < -0.39 is 10.0 Å². The Bertz CT molecular complexity index is 963. The van der Waals surface area contributed by atoms with Crippen LogP contribution in [0.15, 0.2) is 47.4 Å². The number of fused-ring (bicyclic) bond motifs is 1. The number of carbonyl (C=O) groups excluding carboxylic acids is 1. The molecule has 1 aliphatic heterocycles. The molecule has 0 saturated heterocycles. The summed E-state index contributed by atoms with van der Waals surface area (Å²) >= 11 is 0. The molecule has 0 unspecified atom stereocenters. The van der Waals surface area contributed by atoms with Crippen molar-refractivity contribution in [2.45, 2.75) is 44.0 Å². The average molecular weight is 385 g/mol. The summed E-state index contributed by atoms with van der Waals surface area (Å²) in [6, 6.07) is 12.8. The first kappa shape index (κ1) is 18.2. The van der Waals surface area contributed by atoms with Gasteiger partial charge in [-0.25, -0.2) is 8.42 Å². The molecule has 2 aromatic carbocycles. The molecule has 0 radical (unpaired) electrons. The molecule has 1 amide bonds. The zero-order chi connectivity index (χ0) is 19.0. The van der Waals surface area contributed by atoms with E-state index in [0.717, 1.165) is 41.6 Å². The van der Waals surface area contributed by atoms with Gasteiger partial charge in [-0.15, -0.1) is 0 Å². The number of aryl methyl sites for hydroxylation is 1. The minimum Gasteiger partial charge on any atom is -0.326 e.